The van der Waals surface area contributed by atoms with E-state index in [1.807, 2.05) is 0 Å². The first-order valence-electron chi connectivity index (χ1n) is 8.35. The van der Waals surface area contributed by atoms with Crippen molar-refractivity contribution >= 4 is 34.3 Å². The molecule has 0 aliphatic carbocycles. The number of hydrogen-bond donors (Lipinski definition) is 2. The van der Waals surface area contributed by atoms with Crippen LogP contribution in [0.1, 0.15) is 15.9 Å². The Labute approximate surface area is 163 Å². The molecule has 0 radical (unpaired) electrons. The molecule has 154 valence electrons. The molecule has 0 atom stereocenters. The summed E-state index contributed by atoms with van der Waals surface area (Å²) in [4.78, 5) is 21.3. The van der Waals surface area contributed by atoms with Gasteiger partial charge in [-0.05, 0) is 6.07 Å². The Morgan fingerprint density at radius 2 is 2.00 bits per heavy atom. The molecule has 0 spiro atoms. The molecular formula is C18H18F3N5O3. The Bertz CT molecular complexity index is 1060. The maximum atomic E-state index is 13.0. The van der Waals surface area contributed by atoms with E-state index in [4.69, 9.17) is 9.15 Å². The highest BCUT2D eigenvalue weighted by molar-refractivity contribution is 6.07. The van der Waals surface area contributed by atoms with Crippen LogP contribution in [0.4, 0.5) is 30.6 Å². The van der Waals surface area contributed by atoms with Gasteiger partial charge in [-0.25, -0.2) is 4.98 Å². The molecule has 0 fully saturated rings. The van der Waals surface area contributed by atoms with Crippen LogP contribution < -0.4 is 15.4 Å². The van der Waals surface area contributed by atoms with Crippen LogP contribution in [0.2, 0.25) is 0 Å². The van der Waals surface area contributed by atoms with E-state index in [0.717, 1.165) is 0 Å². The van der Waals surface area contributed by atoms with Crippen molar-refractivity contribution in [1.29, 1.82) is 0 Å². The zero-order chi connectivity index (χ0) is 21.3. The van der Waals surface area contributed by atoms with Gasteiger partial charge in [-0.2, -0.15) is 18.2 Å². The van der Waals surface area contributed by atoms with E-state index in [9.17, 15) is 18.0 Å². The highest BCUT2D eigenvalue weighted by Gasteiger charge is 2.35. The van der Waals surface area contributed by atoms with Crippen LogP contribution >= 0.6 is 0 Å². The van der Waals surface area contributed by atoms with Crippen LogP contribution in [-0.4, -0.2) is 49.0 Å². The van der Waals surface area contributed by atoms with Gasteiger partial charge in [0.05, 0.1) is 18.4 Å². The third-order valence-electron chi connectivity index (χ3n) is 4.11. The van der Waals surface area contributed by atoms with E-state index in [1.54, 1.807) is 26.2 Å². The summed E-state index contributed by atoms with van der Waals surface area (Å²) in [5.41, 5.74) is 0.128. The summed E-state index contributed by atoms with van der Waals surface area (Å²) >= 11 is 0. The van der Waals surface area contributed by atoms with Gasteiger partial charge in [-0.3, -0.25) is 4.79 Å². The molecule has 0 aliphatic heterocycles. The molecule has 0 saturated heterocycles. The number of methoxy groups -OCH3 is 1. The second-order valence-corrected chi connectivity index (χ2v) is 6.23. The van der Waals surface area contributed by atoms with Crippen molar-refractivity contribution in [3.05, 3.63) is 35.7 Å². The number of nitrogens with one attached hydrogen (secondary N) is 2. The second kappa shape index (κ2) is 7.49. The predicted molar refractivity (Wildman–Crippen MR) is 101 cm³/mol. The van der Waals surface area contributed by atoms with Crippen LogP contribution in [0, 0.1) is 0 Å². The van der Waals surface area contributed by atoms with E-state index in [2.05, 4.69) is 20.6 Å². The molecule has 29 heavy (non-hydrogen) atoms. The molecule has 2 aromatic heterocycles. The standard InChI is InChI=1S/C18H18F3N5O3/c1-22-15-11(18(19,20)21)7-23-17(25-15)24-12-6-13-9(5-14(12)28-4)10(8-29-13)16(27)26(2)3/h5-8H,1-4H3,(H2,22,23,24,25). The van der Waals surface area contributed by atoms with Crippen molar-refractivity contribution in [2.75, 3.05) is 38.9 Å². The SMILES string of the molecule is CNc1nc(Nc2cc3occ(C(=O)N(C)C)c3cc2OC)ncc1C(F)(F)F. The quantitative estimate of drug-likeness (QED) is 0.663. The van der Waals surface area contributed by atoms with Gasteiger partial charge in [0.15, 0.2) is 0 Å². The highest BCUT2D eigenvalue weighted by atomic mass is 19.4. The van der Waals surface area contributed by atoms with Gasteiger partial charge in [0.25, 0.3) is 5.91 Å². The van der Waals surface area contributed by atoms with Crippen molar-refractivity contribution < 1.29 is 27.1 Å². The summed E-state index contributed by atoms with van der Waals surface area (Å²) in [5.74, 6) is -0.347. The maximum Gasteiger partial charge on any atom is 0.421 e. The molecule has 3 rings (SSSR count). The summed E-state index contributed by atoms with van der Waals surface area (Å²) < 4.78 is 49.8. The predicted octanol–water partition coefficient (Wildman–Crippen LogP) is 3.74. The molecule has 3 aromatic rings. The van der Waals surface area contributed by atoms with Gasteiger partial charge in [-0.1, -0.05) is 0 Å². The number of carbonyl (C=O) groups is 1. The van der Waals surface area contributed by atoms with Crippen molar-refractivity contribution in [3.8, 4) is 5.75 Å². The third kappa shape index (κ3) is 3.89. The molecule has 2 heterocycles. The average Bonchev–Trinajstić information content (AvgIpc) is 3.08. The Morgan fingerprint density at radius 3 is 2.59 bits per heavy atom. The first kappa shape index (κ1) is 20.2. The Morgan fingerprint density at radius 1 is 1.28 bits per heavy atom. The lowest BCUT2D eigenvalue weighted by Gasteiger charge is -2.14. The van der Waals surface area contributed by atoms with E-state index >= 15 is 0 Å². The second-order valence-electron chi connectivity index (χ2n) is 6.23. The smallest absolute Gasteiger partial charge is 0.421 e. The van der Waals surface area contributed by atoms with Crippen molar-refractivity contribution in [2.45, 2.75) is 6.18 Å². The summed E-state index contributed by atoms with van der Waals surface area (Å²) in [6.07, 6.45) is -2.56. The van der Waals surface area contributed by atoms with E-state index in [-0.39, 0.29) is 17.7 Å². The Balaban J connectivity index is 2.01. The summed E-state index contributed by atoms with van der Waals surface area (Å²) in [5, 5.41) is 5.77. The van der Waals surface area contributed by atoms with Gasteiger partial charge < -0.3 is 24.7 Å². The molecular weight excluding hydrogens is 391 g/mol. The fourth-order valence-electron chi connectivity index (χ4n) is 2.69. The van der Waals surface area contributed by atoms with E-state index in [1.165, 1.54) is 25.3 Å². The molecule has 0 saturated carbocycles. The fraction of sp³-hybridized carbons (Fsp3) is 0.278. The number of hydrogen-bond acceptors (Lipinski definition) is 7. The molecule has 0 bridgehead atoms. The number of benzene rings is 1. The molecule has 1 amide bonds. The lowest BCUT2D eigenvalue weighted by atomic mass is 10.1. The number of furan rings is 1. The maximum absolute atomic E-state index is 13.0. The number of fused-ring (bicyclic) bond motifs is 1. The number of rotatable bonds is 5. The third-order valence-corrected chi connectivity index (χ3v) is 4.11. The summed E-state index contributed by atoms with van der Waals surface area (Å²) in [6, 6.07) is 3.15. The Kier molecular flexibility index (Phi) is 5.23. The highest BCUT2D eigenvalue weighted by Crippen LogP contribution is 2.36. The van der Waals surface area contributed by atoms with Gasteiger partial charge in [0.2, 0.25) is 5.95 Å². The van der Waals surface area contributed by atoms with Crippen LogP contribution in [0.25, 0.3) is 11.0 Å². The molecule has 0 aliphatic rings. The number of nitrogens with zero attached hydrogens (tertiary/aromatic N) is 3. The van der Waals surface area contributed by atoms with Crippen LogP contribution in [0.5, 0.6) is 5.75 Å². The number of halogens is 3. The number of alkyl halides is 3. The summed E-state index contributed by atoms with van der Waals surface area (Å²) in [7, 11) is 6.00. The van der Waals surface area contributed by atoms with Crippen molar-refractivity contribution in [2.24, 2.45) is 0 Å². The average molecular weight is 409 g/mol. The van der Waals surface area contributed by atoms with Crippen LogP contribution in [0.3, 0.4) is 0 Å². The zero-order valence-electron chi connectivity index (χ0n) is 16.0. The monoisotopic (exact) mass is 409 g/mol. The van der Waals surface area contributed by atoms with E-state index < -0.39 is 11.7 Å². The minimum absolute atomic E-state index is 0.0730. The molecule has 1 aromatic carbocycles. The lowest BCUT2D eigenvalue weighted by Crippen LogP contribution is -2.21. The zero-order valence-corrected chi connectivity index (χ0v) is 16.0. The molecule has 0 unspecified atom stereocenters. The first-order chi connectivity index (χ1) is 13.7. The first-order valence-corrected chi connectivity index (χ1v) is 8.35. The molecule has 2 N–H and O–H groups in total. The Hall–Kier alpha value is -3.50. The largest absolute Gasteiger partial charge is 0.495 e. The normalized spacial score (nSPS) is 11.4. The number of ether oxygens (including phenoxy) is 1. The fourth-order valence-corrected chi connectivity index (χ4v) is 2.69. The van der Waals surface area contributed by atoms with E-state index in [0.29, 0.717) is 34.2 Å². The lowest BCUT2D eigenvalue weighted by molar-refractivity contribution is -0.137. The number of anilines is 3. The minimum Gasteiger partial charge on any atom is -0.495 e. The topological polar surface area (TPSA) is 92.5 Å². The van der Waals surface area contributed by atoms with Crippen molar-refractivity contribution in [1.82, 2.24) is 14.9 Å². The molecule has 8 nitrogen and oxygen atoms in total. The van der Waals surface area contributed by atoms with Gasteiger partial charge in [0, 0.05) is 38.8 Å². The summed E-state index contributed by atoms with van der Waals surface area (Å²) in [6.45, 7) is 0. The van der Waals surface area contributed by atoms with Crippen LogP contribution in [0.15, 0.2) is 29.0 Å². The van der Waals surface area contributed by atoms with Crippen LogP contribution in [-0.2, 0) is 6.18 Å². The number of aromatic nitrogens is 2. The van der Waals surface area contributed by atoms with Gasteiger partial charge in [0.1, 0.15) is 29.0 Å². The molecule has 11 heteroatoms. The minimum atomic E-state index is -4.59. The van der Waals surface area contributed by atoms with Crippen molar-refractivity contribution in [3.63, 3.8) is 0 Å². The number of carbonyl (C=O) groups excluding carboxylic acids is 1. The van der Waals surface area contributed by atoms with Gasteiger partial charge >= 0.3 is 6.18 Å². The number of amides is 1. The van der Waals surface area contributed by atoms with Gasteiger partial charge in [-0.15, -0.1) is 0 Å².